The molecule has 2 aromatic carbocycles. The Morgan fingerprint density at radius 1 is 1.15 bits per heavy atom. The van der Waals surface area contributed by atoms with Gasteiger partial charge in [0.1, 0.15) is 0 Å². The summed E-state index contributed by atoms with van der Waals surface area (Å²) in [4.78, 5) is 13.1. The van der Waals surface area contributed by atoms with Gasteiger partial charge in [0.15, 0.2) is 0 Å². The minimum absolute atomic E-state index is 0.414. The lowest BCUT2D eigenvalue weighted by molar-refractivity contribution is 0.0600. The Kier molecular flexibility index (Phi) is 4.81. The molecule has 0 aliphatic heterocycles. The maximum absolute atomic E-state index is 11.4. The van der Waals surface area contributed by atoms with Gasteiger partial charge >= 0.3 is 5.97 Å². The Labute approximate surface area is 131 Å². The van der Waals surface area contributed by atoms with Gasteiger partial charge in [-0.3, -0.25) is 0 Å². The molecule has 2 rings (SSSR count). The van der Waals surface area contributed by atoms with Gasteiger partial charge in [-0.15, -0.1) is 0 Å². The van der Waals surface area contributed by atoms with Crippen molar-refractivity contribution in [1.29, 1.82) is 0 Å². The number of rotatable bonds is 3. The summed E-state index contributed by atoms with van der Waals surface area (Å²) >= 11 is 13.3. The first-order chi connectivity index (χ1) is 9.51. The SMILES string of the molecule is COC(=O)c1ccc(Sc2ccc(Cl)c(Cl)c2)c(N)c1. The van der Waals surface area contributed by atoms with Crippen molar-refractivity contribution in [3.63, 3.8) is 0 Å². The maximum atomic E-state index is 11.4. The lowest BCUT2D eigenvalue weighted by atomic mass is 10.2. The maximum Gasteiger partial charge on any atom is 0.337 e. The fraction of sp³-hybridized carbons (Fsp3) is 0.0714. The van der Waals surface area contributed by atoms with E-state index in [0.717, 1.165) is 9.79 Å². The molecule has 0 aliphatic rings. The fourth-order valence-corrected chi connectivity index (χ4v) is 2.80. The van der Waals surface area contributed by atoms with Gasteiger partial charge in [-0.05, 0) is 36.4 Å². The normalized spacial score (nSPS) is 10.3. The summed E-state index contributed by atoms with van der Waals surface area (Å²) in [6.07, 6.45) is 0. The molecule has 6 heteroatoms. The van der Waals surface area contributed by atoms with E-state index in [2.05, 4.69) is 4.74 Å². The average Bonchev–Trinajstić information content (AvgIpc) is 2.44. The number of benzene rings is 2. The van der Waals surface area contributed by atoms with Crippen LogP contribution in [0.15, 0.2) is 46.2 Å². The number of anilines is 1. The quantitative estimate of drug-likeness (QED) is 0.665. The smallest absolute Gasteiger partial charge is 0.337 e. The summed E-state index contributed by atoms with van der Waals surface area (Å²) in [5, 5.41) is 0.992. The van der Waals surface area contributed by atoms with Gasteiger partial charge in [0.25, 0.3) is 0 Å². The summed E-state index contributed by atoms with van der Waals surface area (Å²) in [6.45, 7) is 0. The van der Waals surface area contributed by atoms with Crippen molar-refractivity contribution in [2.24, 2.45) is 0 Å². The molecule has 0 bridgehead atoms. The molecule has 0 heterocycles. The van der Waals surface area contributed by atoms with Gasteiger partial charge in [0, 0.05) is 15.5 Å². The fourth-order valence-electron chi connectivity index (χ4n) is 1.55. The van der Waals surface area contributed by atoms with Gasteiger partial charge in [-0.2, -0.15) is 0 Å². The van der Waals surface area contributed by atoms with Crippen molar-refractivity contribution in [3.8, 4) is 0 Å². The summed E-state index contributed by atoms with van der Waals surface area (Å²) in [7, 11) is 1.33. The Bertz CT molecular complexity index is 662. The van der Waals surface area contributed by atoms with E-state index in [0.29, 0.717) is 21.3 Å². The third-order valence-corrected chi connectivity index (χ3v) is 4.37. The monoisotopic (exact) mass is 327 g/mol. The minimum Gasteiger partial charge on any atom is -0.465 e. The molecule has 0 fully saturated rings. The topological polar surface area (TPSA) is 52.3 Å². The Hall–Kier alpha value is -1.36. The van der Waals surface area contributed by atoms with Crippen molar-refractivity contribution < 1.29 is 9.53 Å². The zero-order valence-electron chi connectivity index (χ0n) is 10.5. The predicted octanol–water partition coefficient (Wildman–Crippen LogP) is 4.51. The van der Waals surface area contributed by atoms with E-state index in [9.17, 15) is 4.79 Å². The van der Waals surface area contributed by atoms with E-state index in [1.54, 1.807) is 30.3 Å². The first-order valence-electron chi connectivity index (χ1n) is 5.62. The van der Waals surface area contributed by atoms with Crippen molar-refractivity contribution >= 4 is 46.6 Å². The highest BCUT2D eigenvalue weighted by atomic mass is 35.5. The molecular formula is C14H11Cl2NO2S. The second-order valence-corrected chi connectivity index (χ2v) is 5.85. The molecule has 0 unspecified atom stereocenters. The lowest BCUT2D eigenvalue weighted by Gasteiger charge is -2.08. The number of hydrogen-bond acceptors (Lipinski definition) is 4. The molecule has 0 radical (unpaired) electrons. The zero-order valence-corrected chi connectivity index (χ0v) is 12.9. The number of nitrogen functional groups attached to an aromatic ring is 1. The van der Waals surface area contributed by atoms with Gasteiger partial charge in [0.05, 0.1) is 22.7 Å². The van der Waals surface area contributed by atoms with Crippen LogP contribution in [0.5, 0.6) is 0 Å². The number of carbonyl (C=O) groups is 1. The molecule has 104 valence electrons. The first kappa shape index (κ1) is 15.0. The number of hydrogen-bond donors (Lipinski definition) is 1. The highest BCUT2D eigenvalue weighted by Crippen LogP contribution is 2.35. The lowest BCUT2D eigenvalue weighted by Crippen LogP contribution is -2.02. The number of nitrogens with two attached hydrogens (primary N) is 1. The molecule has 20 heavy (non-hydrogen) atoms. The van der Waals surface area contributed by atoms with E-state index in [4.69, 9.17) is 28.9 Å². The Morgan fingerprint density at radius 2 is 1.90 bits per heavy atom. The highest BCUT2D eigenvalue weighted by Gasteiger charge is 2.09. The van der Waals surface area contributed by atoms with Gasteiger partial charge in [0.2, 0.25) is 0 Å². The van der Waals surface area contributed by atoms with E-state index < -0.39 is 5.97 Å². The molecule has 0 atom stereocenters. The highest BCUT2D eigenvalue weighted by molar-refractivity contribution is 7.99. The van der Waals surface area contributed by atoms with Crippen LogP contribution in [0.1, 0.15) is 10.4 Å². The van der Waals surface area contributed by atoms with Gasteiger partial charge < -0.3 is 10.5 Å². The zero-order chi connectivity index (χ0) is 14.7. The van der Waals surface area contributed by atoms with Crippen LogP contribution in [0, 0.1) is 0 Å². The number of ether oxygens (including phenoxy) is 1. The van der Waals surface area contributed by atoms with Crippen LogP contribution in [0.4, 0.5) is 5.69 Å². The van der Waals surface area contributed by atoms with E-state index in [1.807, 2.05) is 6.07 Å². The van der Waals surface area contributed by atoms with E-state index >= 15 is 0 Å². The van der Waals surface area contributed by atoms with Crippen molar-refractivity contribution in [1.82, 2.24) is 0 Å². The number of carbonyl (C=O) groups excluding carboxylic acids is 1. The molecular weight excluding hydrogens is 317 g/mol. The second-order valence-electron chi connectivity index (χ2n) is 3.92. The van der Waals surface area contributed by atoms with Crippen LogP contribution in [-0.4, -0.2) is 13.1 Å². The molecule has 0 aromatic heterocycles. The minimum atomic E-state index is -0.414. The molecule has 2 aromatic rings. The molecule has 0 aliphatic carbocycles. The molecule has 0 amide bonds. The number of halogens is 2. The molecule has 0 saturated carbocycles. The molecule has 3 nitrogen and oxygen atoms in total. The first-order valence-corrected chi connectivity index (χ1v) is 7.19. The van der Waals surface area contributed by atoms with Crippen LogP contribution >= 0.6 is 35.0 Å². The van der Waals surface area contributed by atoms with Crippen LogP contribution in [0.25, 0.3) is 0 Å². The van der Waals surface area contributed by atoms with Gasteiger partial charge in [-0.1, -0.05) is 35.0 Å². The average molecular weight is 328 g/mol. The van der Waals surface area contributed by atoms with Crippen LogP contribution in [-0.2, 0) is 4.74 Å². The Morgan fingerprint density at radius 3 is 2.50 bits per heavy atom. The number of esters is 1. The Balaban J connectivity index is 2.25. The summed E-state index contributed by atoms with van der Waals surface area (Å²) in [5.41, 5.74) is 6.87. The van der Waals surface area contributed by atoms with Crippen molar-refractivity contribution in [3.05, 3.63) is 52.0 Å². The summed E-state index contributed by atoms with van der Waals surface area (Å²) in [5.74, 6) is -0.414. The van der Waals surface area contributed by atoms with Crippen LogP contribution < -0.4 is 5.73 Å². The number of methoxy groups -OCH3 is 1. The van der Waals surface area contributed by atoms with Crippen LogP contribution in [0.2, 0.25) is 10.0 Å². The van der Waals surface area contributed by atoms with E-state index in [1.165, 1.54) is 18.9 Å². The molecule has 2 N–H and O–H groups in total. The van der Waals surface area contributed by atoms with Crippen LogP contribution in [0.3, 0.4) is 0 Å². The molecule has 0 saturated heterocycles. The van der Waals surface area contributed by atoms with Gasteiger partial charge in [-0.25, -0.2) is 4.79 Å². The summed E-state index contributed by atoms with van der Waals surface area (Å²) < 4.78 is 4.64. The second kappa shape index (κ2) is 6.39. The third kappa shape index (κ3) is 3.39. The largest absolute Gasteiger partial charge is 0.465 e. The summed E-state index contributed by atoms with van der Waals surface area (Å²) in [6, 6.07) is 10.4. The predicted molar refractivity (Wildman–Crippen MR) is 82.8 cm³/mol. The van der Waals surface area contributed by atoms with Crippen molar-refractivity contribution in [2.75, 3.05) is 12.8 Å². The van der Waals surface area contributed by atoms with E-state index in [-0.39, 0.29) is 0 Å². The third-order valence-electron chi connectivity index (χ3n) is 2.55. The van der Waals surface area contributed by atoms with Crippen molar-refractivity contribution in [2.45, 2.75) is 9.79 Å². The molecule has 0 spiro atoms. The standard InChI is InChI=1S/C14H11Cl2NO2S/c1-19-14(18)8-2-5-13(12(17)6-8)20-9-3-4-10(15)11(16)7-9/h2-7H,17H2,1H3.